The first-order valence-corrected chi connectivity index (χ1v) is 10.9. The van der Waals surface area contributed by atoms with Gasteiger partial charge in [0.05, 0.1) is 5.54 Å². The molecule has 1 aliphatic rings. The first-order chi connectivity index (χ1) is 12.6. The Labute approximate surface area is 173 Å². The van der Waals surface area contributed by atoms with E-state index in [9.17, 15) is 4.79 Å². The topological polar surface area (TPSA) is 79.0 Å². The zero-order valence-electron chi connectivity index (χ0n) is 17.4. The van der Waals surface area contributed by atoms with Gasteiger partial charge in [-0.15, -0.1) is 12.4 Å². The smallest absolute Gasteiger partial charge is 0.220 e. The molecule has 158 valence electrons. The molecule has 0 heterocycles. The molecule has 5 heteroatoms. The van der Waals surface area contributed by atoms with Gasteiger partial charge in [-0.2, -0.15) is 0 Å². The van der Waals surface area contributed by atoms with Crippen LogP contribution in [-0.4, -0.2) is 17.3 Å². The standard InChI is InChI=1S/C22H41N3O.ClH/c1-2-3-4-5-6-7-8-9-10-11-12-13-14-15-16-17-20(26)25-22(18-19-22)21(23)24;/h9-10H,2-8,11-19H2,1H3,(H3,23,24)(H,25,26);1H/b10-9-;. The molecule has 27 heavy (non-hydrogen) atoms. The fraction of sp³-hybridized carbons (Fsp3) is 0.818. The quantitative estimate of drug-likeness (QED) is 0.121. The average molecular weight is 400 g/mol. The third-order valence-electron chi connectivity index (χ3n) is 5.31. The zero-order valence-corrected chi connectivity index (χ0v) is 18.2. The first kappa shape index (κ1) is 26.0. The van der Waals surface area contributed by atoms with Gasteiger partial charge in [-0.05, 0) is 44.9 Å². The molecule has 0 aromatic rings. The highest BCUT2D eigenvalue weighted by atomic mass is 35.5. The van der Waals surface area contributed by atoms with Crippen molar-refractivity contribution in [2.24, 2.45) is 5.73 Å². The maximum absolute atomic E-state index is 11.9. The van der Waals surface area contributed by atoms with E-state index >= 15 is 0 Å². The van der Waals surface area contributed by atoms with Crippen LogP contribution in [0.1, 0.15) is 110 Å². The van der Waals surface area contributed by atoms with Gasteiger partial charge in [0.2, 0.25) is 5.91 Å². The summed E-state index contributed by atoms with van der Waals surface area (Å²) >= 11 is 0. The van der Waals surface area contributed by atoms with Crippen molar-refractivity contribution >= 4 is 24.1 Å². The second-order valence-corrected chi connectivity index (χ2v) is 7.88. The number of rotatable bonds is 17. The van der Waals surface area contributed by atoms with Crippen molar-refractivity contribution in [1.29, 1.82) is 5.41 Å². The highest BCUT2D eigenvalue weighted by Gasteiger charge is 2.47. The van der Waals surface area contributed by atoms with Crippen LogP contribution in [0.2, 0.25) is 0 Å². The van der Waals surface area contributed by atoms with Gasteiger partial charge >= 0.3 is 0 Å². The molecule has 0 aliphatic heterocycles. The monoisotopic (exact) mass is 399 g/mol. The van der Waals surface area contributed by atoms with Gasteiger partial charge in [0, 0.05) is 6.42 Å². The lowest BCUT2D eigenvalue weighted by atomic mass is 10.1. The molecule has 1 amide bonds. The Kier molecular flexibility index (Phi) is 15.4. The van der Waals surface area contributed by atoms with Gasteiger partial charge in [0.25, 0.3) is 0 Å². The lowest BCUT2D eigenvalue weighted by molar-refractivity contribution is -0.121. The van der Waals surface area contributed by atoms with Crippen molar-refractivity contribution in [2.75, 3.05) is 0 Å². The Morgan fingerprint density at radius 3 is 1.89 bits per heavy atom. The van der Waals surface area contributed by atoms with E-state index in [2.05, 4.69) is 24.4 Å². The minimum atomic E-state index is -0.487. The molecule has 4 nitrogen and oxygen atoms in total. The van der Waals surface area contributed by atoms with Gasteiger partial charge in [-0.3, -0.25) is 10.2 Å². The van der Waals surface area contributed by atoms with Crippen LogP contribution in [0, 0.1) is 5.41 Å². The molecule has 1 aliphatic carbocycles. The summed E-state index contributed by atoms with van der Waals surface area (Å²) in [6, 6.07) is 0. The molecular formula is C22H42ClN3O. The normalized spacial score (nSPS) is 14.7. The van der Waals surface area contributed by atoms with Gasteiger partial charge in [-0.1, -0.05) is 70.4 Å². The van der Waals surface area contributed by atoms with Crippen LogP contribution in [0.4, 0.5) is 0 Å². The summed E-state index contributed by atoms with van der Waals surface area (Å²) < 4.78 is 0. The van der Waals surface area contributed by atoms with Crippen molar-refractivity contribution in [1.82, 2.24) is 5.32 Å². The van der Waals surface area contributed by atoms with E-state index in [-0.39, 0.29) is 24.1 Å². The van der Waals surface area contributed by atoms with Crippen molar-refractivity contribution in [3.8, 4) is 0 Å². The van der Waals surface area contributed by atoms with Crippen LogP contribution in [-0.2, 0) is 4.79 Å². The summed E-state index contributed by atoms with van der Waals surface area (Å²) in [5.41, 5.74) is 5.04. The van der Waals surface area contributed by atoms with Crippen molar-refractivity contribution in [3.05, 3.63) is 12.2 Å². The Hall–Kier alpha value is -1.03. The number of nitrogens with two attached hydrogens (primary N) is 1. The van der Waals surface area contributed by atoms with Gasteiger partial charge in [-0.25, -0.2) is 0 Å². The van der Waals surface area contributed by atoms with Crippen LogP contribution in [0.15, 0.2) is 12.2 Å². The molecule has 0 bridgehead atoms. The highest BCUT2D eigenvalue weighted by Crippen LogP contribution is 2.35. The van der Waals surface area contributed by atoms with E-state index < -0.39 is 5.54 Å². The number of unbranched alkanes of at least 4 members (excludes halogenated alkanes) is 11. The van der Waals surface area contributed by atoms with Gasteiger partial charge in [0.15, 0.2) is 0 Å². The Morgan fingerprint density at radius 2 is 1.41 bits per heavy atom. The minimum Gasteiger partial charge on any atom is -0.386 e. The molecule has 1 fully saturated rings. The first-order valence-electron chi connectivity index (χ1n) is 10.9. The van der Waals surface area contributed by atoms with E-state index in [4.69, 9.17) is 11.1 Å². The number of hydrogen-bond donors (Lipinski definition) is 3. The Balaban J connectivity index is 0.00000676. The number of amidine groups is 1. The van der Waals surface area contributed by atoms with Crippen LogP contribution in [0.5, 0.6) is 0 Å². The fourth-order valence-corrected chi connectivity index (χ4v) is 3.27. The molecule has 0 radical (unpaired) electrons. The molecule has 0 unspecified atom stereocenters. The molecule has 0 spiro atoms. The third-order valence-corrected chi connectivity index (χ3v) is 5.31. The second kappa shape index (κ2) is 16.0. The summed E-state index contributed by atoms with van der Waals surface area (Å²) in [5, 5.41) is 10.4. The van der Waals surface area contributed by atoms with E-state index in [0.29, 0.717) is 6.42 Å². The molecule has 0 aromatic heterocycles. The zero-order chi connectivity index (χ0) is 19.1. The van der Waals surface area contributed by atoms with Crippen molar-refractivity contribution in [2.45, 2.75) is 115 Å². The van der Waals surface area contributed by atoms with Gasteiger partial charge < -0.3 is 11.1 Å². The summed E-state index contributed by atoms with van der Waals surface area (Å²) in [5.74, 6) is 0.158. The van der Waals surface area contributed by atoms with Gasteiger partial charge in [0.1, 0.15) is 5.84 Å². The number of halogens is 1. The summed E-state index contributed by atoms with van der Waals surface area (Å²) in [6.45, 7) is 2.26. The molecule has 4 N–H and O–H groups in total. The molecule has 0 saturated heterocycles. The summed E-state index contributed by atoms with van der Waals surface area (Å²) in [6.07, 6.45) is 23.3. The van der Waals surface area contributed by atoms with E-state index in [1.54, 1.807) is 0 Å². The van der Waals surface area contributed by atoms with E-state index in [1.807, 2.05) is 0 Å². The van der Waals surface area contributed by atoms with Crippen LogP contribution in [0.25, 0.3) is 0 Å². The largest absolute Gasteiger partial charge is 0.386 e. The Morgan fingerprint density at radius 1 is 0.926 bits per heavy atom. The maximum atomic E-state index is 11.9. The minimum absolute atomic E-state index is 0. The maximum Gasteiger partial charge on any atom is 0.220 e. The lowest BCUT2D eigenvalue weighted by Gasteiger charge is -2.15. The third kappa shape index (κ3) is 12.9. The Bertz CT molecular complexity index is 433. The average Bonchev–Trinajstić information content (AvgIpc) is 3.39. The van der Waals surface area contributed by atoms with Crippen LogP contribution < -0.4 is 11.1 Å². The molecular weight excluding hydrogens is 358 g/mol. The number of carbonyl (C=O) groups is 1. The van der Waals surface area contributed by atoms with E-state index in [1.165, 1.54) is 70.6 Å². The van der Waals surface area contributed by atoms with Crippen LogP contribution in [0.3, 0.4) is 0 Å². The van der Waals surface area contributed by atoms with Crippen molar-refractivity contribution < 1.29 is 4.79 Å². The molecule has 0 aromatic carbocycles. The molecule has 1 rings (SSSR count). The molecule has 0 atom stereocenters. The van der Waals surface area contributed by atoms with Crippen molar-refractivity contribution in [3.63, 3.8) is 0 Å². The predicted octanol–water partition coefficient (Wildman–Crippen LogP) is 6.03. The number of allylic oxidation sites excluding steroid dienone is 2. The number of hydrogen-bond acceptors (Lipinski definition) is 2. The molecule has 1 saturated carbocycles. The predicted molar refractivity (Wildman–Crippen MR) is 119 cm³/mol. The number of amides is 1. The second-order valence-electron chi connectivity index (χ2n) is 7.88. The number of nitrogens with one attached hydrogen (secondary N) is 2. The van der Waals surface area contributed by atoms with Crippen LogP contribution >= 0.6 is 12.4 Å². The summed E-state index contributed by atoms with van der Waals surface area (Å²) in [7, 11) is 0. The SMILES string of the molecule is CCCCCCCC/C=C\CCCCCCCC(=O)NC1(C(=N)N)CC1.Cl. The lowest BCUT2D eigenvalue weighted by Crippen LogP contribution is -2.46. The van der Waals surface area contributed by atoms with E-state index in [0.717, 1.165) is 25.7 Å². The fourth-order valence-electron chi connectivity index (χ4n) is 3.27. The summed E-state index contributed by atoms with van der Waals surface area (Å²) in [4.78, 5) is 11.9. The highest BCUT2D eigenvalue weighted by molar-refractivity contribution is 5.94. The number of carbonyl (C=O) groups excluding carboxylic acids is 1.